The molecule has 2 N–H and O–H groups in total. The van der Waals surface area contributed by atoms with Crippen molar-refractivity contribution in [3.8, 4) is 17.0 Å². The van der Waals surface area contributed by atoms with Crippen molar-refractivity contribution in [2.24, 2.45) is 5.92 Å². The first-order valence-corrected chi connectivity index (χ1v) is 17.0. The lowest BCUT2D eigenvalue weighted by atomic mass is 10.0. The van der Waals surface area contributed by atoms with E-state index in [1.807, 2.05) is 54.7 Å². The zero-order chi connectivity index (χ0) is 33.6. The van der Waals surface area contributed by atoms with E-state index in [4.69, 9.17) is 38.0 Å². The molecule has 7 nitrogen and oxygen atoms in total. The fourth-order valence-corrected chi connectivity index (χ4v) is 6.45. The monoisotopic (exact) mass is 681 g/mol. The topological polar surface area (TPSA) is 93.5 Å². The van der Waals surface area contributed by atoms with Gasteiger partial charge in [0.2, 0.25) is 5.91 Å². The first kappa shape index (κ1) is 33.3. The summed E-state index contributed by atoms with van der Waals surface area (Å²) < 4.78 is 8.12. The lowest BCUT2D eigenvalue weighted by Gasteiger charge is -2.20. The van der Waals surface area contributed by atoms with Crippen LogP contribution in [-0.2, 0) is 24.4 Å². The molecule has 1 fully saturated rings. The summed E-state index contributed by atoms with van der Waals surface area (Å²) in [7, 11) is 0. The number of nitrogens with one attached hydrogen (secondary N) is 1. The van der Waals surface area contributed by atoms with Crippen LogP contribution in [0, 0.1) is 5.92 Å². The Morgan fingerprint density at radius 1 is 0.979 bits per heavy atom. The van der Waals surface area contributed by atoms with Crippen molar-refractivity contribution in [3.63, 3.8) is 0 Å². The summed E-state index contributed by atoms with van der Waals surface area (Å²) in [4.78, 5) is 30.0. The third-order valence-electron chi connectivity index (χ3n) is 8.72. The summed E-state index contributed by atoms with van der Waals surface area (Å²) in [6.07, 6.45) is 5.34. The number of aromatic carboxylic acids is 1. The summed E-state index contributed by atoms with van der Waals surface area (Å²) >= 11 is 12.8. The van der Waals surface area contributed by atoms with Gasteiger partial charge in [-0.05, 0) is 84.3 Å². The maximum Gasteiger partial charge on any atom is 0.335 e. The number of aryl methyl sites for hydroxylation is 1. The molecule has 9 heteroatoms. The first-order valence-electron chi connectivity index (χ1n) is 16.2. The number of halogens is 2. The first-order chi connectivity index (χ1) is 23.3. The van der Waals surface area contributed by atoms with Gasteiger partial charge >= 0.3 is 5.97 Å². The predicted octanol–water partition coefficient (Wildman–Crippen LogP) is 9.14. The number of benzene rings is 4. The number of nitrogens with zero attached hydrogens (tertiary/aromatic N) is 2. The third kappa shape index (κ3) is 8.09. The Morgan fingerprint density at radius 2 is 1.71 bits per heavy atom. The maximum absolute atomic E-state index is 13.8. The van der Waals surface area contributed by atoms with Gasteiger partial charge in [0.25, 0.3) is 0 Å². The second-order valence-corrected chi connectivity index (χ2v) is 13.1. The summed E-state index contributed by atoms with van der Waals surface area (Å²) in [5.41, 5.74) is 4.83. The molecule has 0 bridgehead atoms. The van der Waals surface area contributed by atoms with E-state index in [1.54, 1.807) is 36.4 Å². The molecule has 0 unspecified atom stereocenters. The molecule has 0 radical (unpaired) electrons. The second-order valence-electron chi connectivity index (χ2n) is 12.2. The van der Waals surface area contributed by atoms with Crippen LogP contribution < -0.4 is 10.1 Å². The summed E-state index contributed by atoms with van der Waals surface area (Å²) in [5, 5.41) is 13.6. The van der Waals surface area contributed by atoms with Crippen molar-refractivity contribution >= 4 is 35.1 Å². The van der Waals surface area contributed by atoms with E-state index in [2.05, 4.69) is 28.9 Å². The highest BCUT2D eigenvalue weighted by Crippen LogP contribution is 2.47. The van der Waals surface area contributed by atoms with Gasteiger partial charge in [-0.25, -0.2) is 9.78 Å². The molecule has 1 aliphatic carbocycles. The van der Waals surface area contributed by atoms with Gasteiger partial charge in [0.05, 0.1) is 22.3 Å². The molecule has 4 aromatic carbocycles. The van der Waals surface area contributed by atoms with Crippen LogP contribution in [0.15, 0.2) is 103 Å². The molecule has 1 aromatic heterocycles. The van der Waals surface area contributed by atoms with Crippen LogP contribution >= 0.6 is 23.2 Å². The van der Waals surface area contributed by atoms with Crippen LogP contribution in [0.4, 0.5) is 0 Å². The number of imidazole rings is 1. The number of carboxylic acid groups (broad SMARTS) is 1. The largest absolute Gasteiger partial charge is 0.489 e. The van der Waals surface area contributed by atoms with E-state index in [0.717, 1.165) is 54.0 Å². The van der Waals surface area contributed by atoms with Crippen molar-refractivity contribution in [2.75, 3.05) is 0 Å². The molecule has 3 atom stereocenters. The fraction of sp³-hybridized carbons (Fsp3) is 0.256. The highest BCUT2D eigenvalue weighted by Gasteiger charge is 2.44. The molecule has 246 valence electrons. The van der Waals surface area contributed by atoms with Crippen molar-refractivity contribution in [1.82, 2.24) is 14.9 Å². The van der Waals surface area contributed by atoms with Crippen LogP contribution in [0.5, 0.6) is 5.75 Å². The summed E-state index contributed by atoms with van der Waals surface area (Å²) in [6.45, 7) is 3.22. The highest BCUT2D eigenvalue weighted by molar-refractivity contribution is 6.36. The highest BCUT2D eigenvalue weighted by atomic mass is 35.5. The van der Waals surface area contributed by atoms with Crippen LogP contribution in [0.2, 0.25) is 10.0 Å². The minimum absolute atomic E-state index is 0.0267. The van der Waals surface area contributed by atoms with Crippen LogP contribution in [0.25, 0.3) is 11.3 Å². The Labute approximate surface area is 290 Å². The third-order valence-corrected chi connectivity index (χ3v) is 9.27. The molecule has 1 heterocycles. The molecule has 1 saturated carbocycles. The van der Waals surface area contributed by atoms with Crippen LogP contribution in [0.1, 0.15) is 71.0 Å². The van der Waals surface area contributed by atoms with Crippen molar-refractivity contribution in [2.45, 2.75) is 57.7 Å². The second kappa shape index (κ2) is 15.1. The summed E-state index contributed by atoms with van der Waals surface area (Å²) in [6, 6.07) is 29.7. The van der Waals surface area contributed by atoms with Crippen molar-refractivity contribution in [1.29, 1.82) is 0 Å². The van der Waals surface area contributed by atoms with Gasteiger partial charge in [-0.3, -0.25) is 4.79 Å². The maximum atomic E-state index is 13.8. The number of carboxylic acids is 1. The van der Waals surface area contributed by atoms with Gasteiger partial charge < -0.3 is 19.7 Å². The lowest BCUT2D eigenvalue weighted by molar-refractivity contribution is -0.123. The Hall–Kier alpha value is -4.59. The van der Waals surface area contributed by atoms with Gasteiger partial charge in [0.15, 0.2) is 0 Å². The number of ether oxygens (including phenoxy) is 1. The number of carbonyl (C=O) groups is 2. The van der Waals surface area contributed by atoms with Gasteiger partial charge in [0, 0.05) is 29.2 Å². The SMILES string of the molecule is CCCCn1cc(-c2ccc(Cl)cc2Cl)nc1[C@H](Cc1ccc(OCc2ccc(C(=O)O)cc2)cc1)NC(=O)[C@H]1C[C@@H]1c1ccccc1. The molecule has 5 aromatic rings. The van der Waals surface area contributed by atoms with E-state index < -0.39 is 5.97 Å². The van der Waals surface area contributed by atoms with Gasteiger partial charge in [-0.1, -0.05) is 91.1 Å². The normalized spacial score (nSPS) is 15.9. The van der Waals surface area contributed by atoms with E-state index in [-0.39, 0.29) is 29.3 Å². The number of rotatable bonds is 14. The minimum atomic E-state index is -0.960. The molecular weight excluding hydrogens is 645 g/mol. The number of carbonyl (C=O) groups excluding carboxylic acids is 1. The van der Waals surface area contributed by atoms with E-state index in [9.17, 15) is 9.59 Å². The van der Waals surface area contributed by atoms with Crippen molar-refractivity contribution < 1.29 is 19.4 Å². The zero-order valence-electron chi connectivity index (χ0n) is 26.6. The van der Waals surface area contributed by atoms with E-state index in [0.29, 0.717) is 28.8 Å². The predicted molar refractivity (Wildman–Crippen MR) is 189 cm³/mol. The van der Waals surface area contributed by atoms with Gasteiger partial charge in [-0.15, -0.1) is 0 Å². The number of amides is 1. The fourth-order valence-electron chi connectivity index (χ4n) is 5.95. The molecule has 0 aliphatic heterocycles. The summed E-state index contributed by atoms with van der Waals surface area (Å²) in [5.74, 6) is 0.665. The van der Waals surface area contributed by atoms with Gasteiger partial charge in [0.1, 0.15) is 18.2 Å². The molecule has 1 aliphatic rings. The zero-order valence-corrected chi connectivity index (χ0v) is 28.1. The average Bonchev–Trinajstić information content (AvgIpc) is 3.80. The lowest BCUT2D eigenvalue weighted by Crippen LogP contribution is -2.33. The van der Waals surface area contributed by atoms with E-state index in [1.165, 1.54) is 5.56 Å². The number of unbranched alkanes of at least 4 members (excludes halogenated alkanes) is 1. The average molecular weight is 683 g/mol. The standard InChI is InChI=1S/C39H37Cl2N3O4/c1-2-3-19-44-23-36(31-18-15-29(40)21-34(31)41)42-37(44)35(43-38(45)33-22-32(33)27-7-5-4-6-8-27)20-25-11-16-30(17-12-25)48-24-26-9-13-28(14-10-26)39(46)47/h4-18,21,23,32-33,35H,2-3,19-20,22,24H2,1H3,(H,43,45)(H,46,47)/t32-,33+,35+/m1/s1. The number of hydrogen-bond donors (Lipinski definition) is 2. The van der Waals surface area contributed by atoms with Crippen molar-refractivity contribution in [3.05, 3.63) is 141 Å². The number of hydrogen-bond acceptors (Lipinski definition) is 4. The van der Waals surface area contributed by atoms with Gasteiger partial charge in [-0.2, -0.15) is 0 Å². The Bertz CT molecular complexity index is 1870. The Balaban J connectivity index is 1.24. The quantitative estimate of drug-likeness (QED) is 0.122. The smallest absolute Gasteiger partial charge is 0.335 e. The molecule has 6 rings (SSSR count). The minimum Gasteiger partial charge on any atom is -0.489 e. The molecular formula is C39H37Cl2N3O4. The molecule has 0 spiro atoms. The van der Waals surface area contributed by atoms with E-state index >= 15 is 0 Å². The molecule has 1 amide bonds. The van der Waals surface area contributed by atoms with Crippen LogP contribution in [0.3, 0.4) is 0 Å². The Kier molecular flexibility index (Phi) is 10.5. The molecule has 48 heavy (non-hydrogen) atoms. The van der Waals surface area contributed by atoms with Crippen LogP contribution in [-0.4, -0.2) is 26.5 Å². The Morgan fingerprint density at radius 3 is 2.40 bits per heavy atom. The molecule has 0 saturated heterocycles. The number of aromatic nitrogens is 2.